The normalized spacial score (nSPS) is 20.5. The van der Waals surface area contributed by atoms with E-state index in [1.165, 1.54) is 36.4 Å². The van der Waals surface area contributed by atoms with Crippen LogP contribution in [-0.4, -0.2) is 62.3 Å². The van der Waals surface area contributed by atoms with E-state index >= 15 is 0 Å². The fourth-order valence-electron chi connectivity index (χ4n) is 5.43. The quantitative estimate of drug-likeness (QED) is 0.502. The summed E-state index contributed by atoms with van der Waals surface area (Å²) in [6.07, 6.45) is 0.348. The summed E-state index contributed by atoms with van der Waals surface area (Å²) in [6, 6.07) is 10.1. The van der Waals surface area contributed by atoms with Crippen molar-refractivity contribution >= 4 is 39.0 Å². The summed E-state index contributed by atoms with van der Waals surface area (Å²) in [5.74, 6) is -0.430. The van der Waals surface area contributed by atoms with Gasteiger partial charge < -0.3 is 9.80 Å². The minimum absolute atomic E-state index is 0.0457. The summed E-state index contributed by atoms with van der Waals surface area (Å²) in [7, 11) is -3.81. The molecule has 0 radical (unpaired) electrons. The molecule has 0 unspecified atom stereocenters. The zero-order valence-corrected chi connectivity index (χ0v) is 23.2. The van der Waals surface area contributed by atoms with Gasteiger partial charge in [0.05, 0.1) is 10.5 Å². The van der Waals surface area contributed by atoms with Crippen LogP contribution in [0, 0.1) is 5.41 Å². The molecule has 5 rings (SSSR count). The summed E-state index contributed by atoms with van der Waals surface area (Å²) >= 11 is 5.82. The van der Waals surface area contributed by atoms with Gasteiger partial charge in [-0.3, -0.25) is 9.59 Å². The fourth-order valence-corrected chi connectivity index (χ4v) is 6.58. The Kier molecular flexibility index (Phi) is 7.75. The first-order chi connectivity index (χ1) is 18.9. The zero-order valence-electron chi connectivity index (χ0n) is 21.6. The van der Waals surface area contributed by atoms with Gasteiger partial charge in [0, 0.05) is 37.6 Å². The molecule has 214 valence electrons. The van der Waals surface area contributed by atoms with Gasteiger partial charge in [0.2, 0.25) is 21.8 Å². The maximum absolute atomic E-state index is 13.5. The lowest BCUT2D eigenvalue weighted by Gasteiger charge is -2.32. The predicted octanol–water partition coefficient (Wildman–Crippen LogP) is 4.72. The number of hydrogen-bond donors (Lipinski definition) is 1. The molecular weight excluding hydrogens is 567 g/mol. The molecule has 40 heavy (non-hydrogen) atoms. The first-order valence-electron chi connectivity index (χ1n) is 13.1. The molecule has 2 aromatic rings. The number of benzene rings is 2. The second-order valence-electron chi connectivity index (χ2n) is 10.7. The van der Waals surface area contributed by atoms with Gasteiger partial charge in [-0.15, -0.1) is 0 Å². The highest BCUT2D eigenvalue weighted by Gasteiger charge is 2.55. The van der Waals surface area contributed by atoms with Crippen LogP contribution >= 0.6 is 11.6 Å². The lowest BCUT2D eigenvalue weighted by molar-refractivity contribution is -0.143. The van der Waals surface area contributed by atoms with E-state index in [1.54, 1.807) is 9.80 Å². The minimum Gasteiger partial charge on any atom is -0.337 e. The number of nitrogens with one attached hydrogen (secondary N) is 1. The second-order valence-corrected chi connectivity index (χ2v) is 12.9. The van der Waals surface area contributed by atoms with Crippen molar-refractivity contribution in [2.24, 2.45) is 5.41 Å². The number of nitrogens with zero attached hydrogens (tertiary/aromatic N) is 2. The standard InChI is InChI=1S/C28H29ClF3N3O4S/c29-22-5-7-23(8-6-22)40(38,39)33-14-9-25(36)35-18-27(12-13-27)17-24(35)26(37)34-15-10-20(11-16-34)19-1-3-21(4-2-19)28(30,31)32/h1-8,10,24,33H,9,11-18H2/t24-/m0/s1. The van der Waals surface area contributed by atoms with E-state index in [0.717, 1.165) is 30.5 Å². The van der Waals surface area contributed by atoms with Crippen LogP contribution in [-0.2, 0) is 25.8 Å². The number of sulfonamides is 1. The highest BCUT2D eigenvalue weighted by Crippen LogP contribution is 2.55. The van der Waals surface area contributed by atoms with Crippen molar-refractivity contribution in [3.8, 4) is 0 Å². The Labute approximate surface area is 236 Å². The van der Waals surface area contributed by atoms with E-state index in [0.29, 0.717) is 43.1 Å². The Balaban J connectivity index is 1.20. The molecule has 2 heterocycles. The Morgan fingerprint density at radius 1 is 1.05 bits per heavy atom. The minimum atomic E-state index is -4.40. The highest BCUT2D eigenvalue weighted by molar-refractivity contribution is 7.89. The molecule has 3 aliphatic rings. The summed E-state index contributed by atoms with van der Waals surface area (Å²) in [4.78, 5) is 30.0. The molecule has 1 saturated heterocycles. The average molecular weight is 596 g/mol. The monoisotopic (exact) mass is 595 g/mol. The average Bonchev–Trinajstić information content (AvgIpc) is 3.57. The number of likely N-dealkylation sites (tertiary alicyclic amines) is 1. The Morgan fingerprint density at radius 2 is 1.73 bits per heavy atom. The van der Waals surface area contributed by atoms with Crippen LogP contribution in [0.15, 0.2) is 59.5 Å². The molecule has 1 atom stereocenters. The Bertz CT molecular complexity index is 1420. The van der Waals surface area contributed by atoms with E-state index in [9.17, 15) is 31.2 Å². The van der Waals surface area contributed by atoms with Crippen molar-refractivity contribution in [2.75, 3.05) is 26.2 Å². The van der Waals surface area contributed by atoms with Gasteiger partial charge in [0.25, 0.3) is 0 Å². The van der Waals surface area contributed by atoms with Crippen molar-refractivity contribution in [3.05, 3.63) is 70.8 Å². The first kappa shape index (κ1) is 28.6. The number of alkyl halides is 3. The SMILES string of the molecule is O=C([C@@H]1CC2(CC2)CN1C(=O)CCNS(=O)(=O)c1ccc(Cl)cc1)N1CC=C(c2ccc(C(F)(F)F)cc2)CC1. The highest BCUT2D eigenvalue weighted by atomic mass is 35.5. The third-order valence-electron chi connectivity index (χ3n) is 7.93. The smallest absolute Gasteiger partial charge is 0.337 e. The van der Waals surface area contributed by atoms with E-state index in [1.807, 2.05) is 6.08 Å². The van der Waals surface area contributed by atoms with Crippen LogP contribution in [0.3, 0.4) is 0 Å². The number of halogens is 4. The van der Waals surface area contributed by atoms with E-state index in [-0.39, 0.29) is 35.1 Å². The van der Waals surface area contributed by atoms with Gasteiger partial charge in [-0.25, -0.2) is 13.1 Å². The van der Waals surface area contributed by atoms with Crippen LogP contribution in [0.1, 0.15) is 43.2 Å². The second kappa shape index (κ2) is 10.8. The topological polar surface area (TPSA) is 86.8 Å². The van der Waals surface area contributed by atoms with Crippen molar-refractivity contribution < 1.29 is 31.2 Å². The summed E-state index contributed by atoms with van der Waals surface area (Å²) < 4.78 is 66.1. The molecule has 2 aliphatic heterocycles. The van der Waals surface area contributed by atoms with Crippen molar-refractivity contribution in [1.82, 2.24) is 14.5 Å². The maximum Gasteiger partial charge on any atom is 0.416 e. The number of hydrogen-bond acceptors (Lipinski definition) is 4. The molecule has 1 saturated carbocycles. The number of amides is 2. The van der Waals surface area contributed by atoms with Gasteiger partial charge in [-0.2, -0.15) is 13.2 Å². The lowest BCUT2D eigenvalue weighted by Crippen LogP contribution is -2.49. The maximum atomic E-state index is 13.5. The van der Waals surface area contributed by atoms with Crippen LogP contribution in [0.4, 0.5) is 13.2 Å². The number of carbonyl (C=O) groups excluding carboxylic acids is 2. The molecule has 7 nitrogen and oxygen atoms in total. The largest absolute Gasteiger partial charge is 0.416 e. The third-order valence-corrected chi connectivity index (χ3v) is 9.66. The molecular formula is C28H29ClF3N3O4S. The molecule has 0 aromatic heterocycles. The summed E-state index contributed by atoms with van der Waals surface area (Å²) in [6.45, 7) is 1.09. The summed E-state index contributed by atoms with van der Waals surface area (Å²) in [5.41, 5.74) is 0.817. The summed E-state index contributed by atoms with van der Waals surface area (Å²) in [5, 5.41) is 0.410. The van der Waals surface area contributed by atoms with E-state index in [4.69, 9.17) is 11.6 Å². The van der Waals surface area contributed by atoms with Gasteiger partial charge in [0.1, 0.15) is 6.04 Å². The van der Waals surface area contributed by atoms with Crippen molar-refractivity contribution in [3.63, 3.8) is 0 Å². The third kappa shape index (κ3) is 6.21. The predicted molar refractivity (Wildman–Crippen MR) is 144 cm³/mol. The van der Waals surface area contributed by atoms with Crippen LogP contribution < -0.4 is 4.72 Å². The molecule has 2 amide bonds. The molecule has 12 heteroatoms. The molecule has 2 fully saturated rings. The molecule has 0 bridgehead atoms. The zero-order chi connectivity index (χ0) is 28.7. The molecule has 2 aromatic carbocycles. The number of rotatable bonds is 7. The van der Waals surface area contributed by atoms with Gasteiger partial charge in [-0.05, 0) is 78.6 Å². The van der Waals surface area contributed by atoms with Crippen molar-refractivity contribution in [2.45, 2.75) is 49.2 Å². The molecule has 1 spiro atoms. The van der Waals surface area contributed by atoms with Gasteiger partial charge in [-0.1, -0.05) is 29.8 Å². The first-order valence-corrected chi connectivity index (χ1v) is 14.9. The van der Waals surface area contributed by atoms with E-state index in [2.05, 4.69) is 4.72 Å². The van der Waals surface area contributed by atoms with Gasteiger partial charge in [0.15, 0.2) is 0 Å². The van der Waals surface area contributed by atoms with Crippen molar-refractivity contribution in [1.29, 1.82) is 0 Å². The fraction of sp³-hybridized carbons (Fsp3) is 0.429. The van der Waals surface area contributed by atoms with Crippen LogP contribution in [0.25, 0.3) is 5.57 Å². The number of carbonyl (C=O) groups is 2. The Hall–Kier alpha value is -2.89. The van der Waals surface area contributed by atoms with Gasteiger partial charge >= 0.3 is 6.18 Å². The van der Waals surface area contributed by atoms with Crippen LogP contribution in [0.2, 0.25) is 5.02 Å². The molecule has 1 N–H and O–H groups in total. The Morgan fingerprint density at radius 3 is 2.30 bits per heavy atom. The van der Waals surface area contributed by atoms with Crippen LogP contribution in [0.5, 0.6) is 0 Å². The lowest BCUT2D eigenvalue weighted by atomic mass is 9.97. The van der Waals surface area contributed by atoms with E-state index < -0.39 is 27.8 Å². The molecule has 1 aliphatic carbocycles.